The number of aliphatic hydroxyl groups is 1. The molecule has 0 saturated heterocycles. The maximum atomic E-state index is 11.7. The number of nitrogens with zero attached hydrogens (tertiary/aromatic N) is 1. The number of hydrogen-bond donors (Lipinski definition) is 2. The van der Waals surface area contributed by atoms with Crippen molar-refractivity contribution in [2.75, 3.05) is 24.7 Å². The molecule has 1 aromatic carbocycles. The molecule has 1 rings (SSSR count). The van der Waals surface area contributed by atoms with Gasteiger partial charge >= 0.3 is 0 Å². The lowest BCUT2D eigenvalue weighted by atomic mass is 10.1. The molecule has 2 N–H and O–H groups in total. The van der Waals surface area contributed by atoms with E-state index in [9.17, 15) is 4.79 Å². The highest BCUT2D eigenvalue weighted by Gasteiger charge is 2.04. The van der Waals surface area contributed by atoms with Gasteiger partial charge < -0.3 is 10.4 Å². The minimum Gasteiger partial charge on any atom is -0.396 e. The fourth-order valence-electron chi connectivity index (χ4n) is 1.30. The van der Waals surface area contributed by atoms with Crippen LogP contribution in [-0.2, 0) is 0 Å². The monoisotopic (exact) mass is 264 g/mol. The zero-order valence-electron chi connectivity index (χ0n) is 10.1. The highest BCUT2D eigenvalue weighted by molar-refractivity contribution is 7.99. The molecule has 0 aromatic heterocycles. The summed E-state index contributed by atoms with van der Waals surface area (Å²) in [6, 6.07) is 8.56. The quantitative estimate of drug-likeness (QED) is 0.730. The van der Waals surface area contributed by atoms with E-state index in [2.05, 4.69) is 5.32 Å². The SMILES string of the molecule is N#Cc1ccc(C(=O)NCCSCCCO)cc1. The van der Waals surface area contributed by atoms with Crippen molar-refractivity contribution in [2.24, 2.45) is 0 Å². The van der Waals surface area contributed by atoms with Crippen LogP contribution in [0.4, 0.5) is 0 Å². The topological polar surface area (TPSA) is 73.1 Å². The lowest BCUT2D eigenvalue weighted by Gasteiger charge is -2.05. The molecule has 18 heavy (non-hydrogen) atoms. The number of nitrogens with one attached hydrogen (secondary N) is 1. The number of thioether (sulfide) groups is 1. The van der Waals surface area contributed by atoms with Crippen molar-refractivity contribution in [3.63, 3.8) is 0 Å². The second kappa shape index (κ2) is 8.56. The summed E-state index contributed by atoms with van der Waals surface area (Å²) in [5.41, 5.74) is 1.11. The first-order valence-electron chi connectivity index (χ1n) is 5.75. The number of rotatable bonds is 7. The van der Waals surface area contributed by atoms with E-state index in [-0.39, 0.29) is 12.5 Å². The van der Waals surface area contributed by atoms with E-state index >= 15 is 0 Å². The van der Waals surface area contributed by atoms with Gasteiger partial charge in [-0.15, -0.1) is 0 Å². The van der Waals surface area contributed by atoms with E-state index in [1.54, 1.807) is 36.0 Å². The standard InChI is InChI=1S/C13H16N2O2S/c14-10-11-2-4-12(5-3-11)13(17)15-6-9-18-8-1-7-16/h2-5,16H,1,6-9H2,(H,15,17). The maximum Gasteiger partial charge on any atom is 0.251 e. The Hall–Kier alpha value is -1.51. The molecule has 0 unspecified atom stereocenters. The fraction of sp³-hybridized carbons (Fsp3) is 0.385. The average Bonchev–Trinajstić information content (AvgIpc) is 2.42. The first-order chi connectivity index (χ1) is 8.77. The van der Waals surface area contributed by atoms with Crippen molar-refractivity contribution in [3.8, 4) is 6.07 Å². The number of amides is 1. The lowest BCUT2D eigenvalue weighted by molar-refractivity contribution is 0.0956. The highest BCUT2D eigenvalue weighted by Crippen LogP contribution is 2.04. The van der Waals surface area contributed by atoms with Crippen LogP contribution in [0.1, 0.15) is 22.3 Å². The maximum absolute atomic E-state index is 11.7. The first kappa shape index (κ1) is 14.6. The van der Waals surface area contributed by atoms with Crippen LogP contribution in [0.2, 0.25) is 0 Å². The molecule has 0 aliphatic carbocycles. The zero-order chi connectivity index (χ0) is 13.2. The Kier molecular flexibility index (Phi) is 6.92. The van der Waals surface area contributed by atoms with Gasteiger partial charge in [-0.1, -0.05) is 0 Å². The van der Waals surface area contributed by atoms with Crippen molar-refractivity contribution in [3.05, 3.63) is 35.4 Å². The molecule has 0 fully saturated rings. The Morgan fingerprint density at radius 3 is 2.67 bits per heavy atom. The molecule has 1 amide bonds. The second-order valence-corrected chi connectivity index (χ2v) is 4.86. The summed E-state index contributed by atoms with van der Waals surface area (Å²) in [5, 5.41) is 20.0. The van der Waals surface area contributed by atoms with Crippen molar-refractivity contribution >= 4 is 17.7 Å². The van der Waals surface area contributed by atoms with Gasteiger partial charge in [0.25, 0.3) is 5.91 Å². The smallest absolute Gasteiger partial charge is 0.251 e. The van der Waals surface area contributed by atoms with E-state index in [1.165, 1.54) is 0 Å². The molecular weight excluding hydrogens is 248 g/mol. The largest absolute Gasteiger partial charge is 0.396 e. The summed E-state index contributed by atoms with van der Waals surface area (Å²) < 4.78 is 0. The van der Waals surface area contributed by atoms with Gasteiger partial charge in [0.05, 0.1) is 11.6 Å². The molecule has 0 atom stereocenters. The number of hydrogen-bond acceptors (Lipinski definition) is 4. The Bertz CT molecular complexity index is 412. The van der Waals surface area contributed by atoms with Gasteiger partial charge in [-0.3, -0.25) is 4.79 Å². The highest BCUT2D eigenvalue weighted by atomic mass is 32.2. The molecule has 0 aliphatic rings. The molecule has 0 heterocycles. The van der Waals surface area contributed by atoms with E-state index in [1.807, 2.05) is 6.07 Å². The Morgan fingerprint density at radius 1 is 1.33 bits per heavy atom. The average molecular weight is 264 g/mol. The van der Waals surface area contributed by atoms with Crippen molar-refractivity contribution in [1.29, 1.82) is 5.26 Å². The lowest BCUT2D eigenvalue weighted by Crippen LogP contribution is -2.25. The van der Waals surface area contributed by atoms with E-state index in [4.69, 9.17) is 10.4 Å². The molecule has 96 valence electrons. The summed E-state index contributed by atoms with van der Waals surface area (Å²) in [7, 11) is 0. The van der Waals surface area contributed by atoms with Crippen molar-refractivity contribution in [1.82, 2.24) is 5.32 Å². The summed E-state index contributed by atoms with van der Waals surface area (Å²) in [6.45, 7) is 0.819. The van der Waals surface area contributed by atoms with E-state index in [0.29, 0.717) is 17.7 Å². The third-order valence-electron chi connectivity index (χ3n) is 2.25. The fourth-order valence-corrected chi connectivity index (χ4v) is 2.09. The summed E-state index contributed by atoms with van der Waals surface area (Å²) >= 11 is 1.70. The van der Waals surface area contributed by atoms with Gasteiger partial charge in [0.15, 0.2) is 0 Å². The van der Waals surface area contributed by atoms with Crippen molar-refractivity contribution in [2.45, 2.75) is 6.42 Å². The molecule has 4 nitrogen and oxygen atoms in total. The van der Waals surface area contributed by atoms with Gasteiger partial charge in [-0.05, 0) is 36.4 Å². The van der Waals surface area contributed by atoms with Crippen LogP contribution in [0.25, 0.3) is 0 Å². The van der Waals surface area contributed by atoms with Crippen LogP contribution in [-0.4, -0.2) is 35.7 Å². The van der Waals surface area contributed by atoms with Gasteiger partial charge in [0.2, 0.25) is 0 Å². The molecule has 0 aliphatic heterocycles. The summed E-state index contributed by atoms with van der Waals surface area (Å²) in [6.07, 6.45) is 0.786. The second-order valence-electron chi connectivity index (χ2n) is 3.63. The molecule has 0 radical (unpaired) electrons. The number of benzene rings is 1. The van der Waals surface area contributed by atoms with E-state index < -0.39 is 0 Å². The normalized spacial score (nSPS) is 9.78. The first-order valence-corrected chi connectivity index (χ1v) is 6.90. The van der Waals surface area contributed by atoms with Gasteiger partial charge in [0, 0.05) is 24.5 Å². The minimum atomic E-state index is -0.123. The van der Waals surface area contributed by atoms with Crippen LogP contribution in [0.15, 0.2) is 24.3 Å². The van der Waals surface area contributed by atoms with Gasteiger partial charge in [-0.2, -0.15) is 17.0 Å². The predicted octanol–water partition coefficient (Wildman–Crippen LogP) is 1.40. The van der Waals surface area contributed by atoms with Gasteiger partial charge in [-0.25, -0.2) is 0 Å². The van der Waals surface area contributed by atoms with Crippen LogP contribution in [0.5, 0.6) is 0 Å². The molecule has 1 aromatic rings. The van der Waals surface area contributed by atoms with E-state index in [0.717, 1.165) is 17.9 Å². The third kappa shape index (κ3) is 5.21. The van der Waals surface area contributed by atoms with Crippen molar-refractivity contribution < 1.29 is 9.90 Å². The summed E-state index contributed by atoms with van der Waals surface area (Å²) in [4.78, 5) is 11.7. The molecule has 5 heteroatoms. The Labute approximate surface area is 111 Å². The Morgan fingerprint density at radius 2 is 2.06 bits per heavy atom. The molecule has 0 saturated carbocycles. The van der Waals surface area contributed by atoms with Crippen LogP contribution < -0.4 is 5.32 Å². The minimum absolute atomic E-state index is 0.123. The summed E-state index contributed by atoms with van der Waals surface area (Å²) in [5.74, 6) is 1.62. The number of carbonyl (C=O) groups is 1. The molecule has 0 spiro atoms. The molecule has 0 bridgehead atoms. The zero-order valence-corrected chi connectivity index (χ0v) is 10.9. The number of nitriles is 1. The predicted molar refractivity (Wildman–Crippen MR) is 72.5 cm³/mol. The third-order valence-corrected chi connectivity index (χ3v) is 3.33. The Balaban J connectivity index is 2.26. The number of aliphatic hydroxyl groups excluding tert-OH is 1. The van der Waals surface area contributed by atoms with Crippen LogP contribution >= 0.6 is 11.8 Å². The molecular formula is C13H16N2O2S. The van der Waals surface area contributed by atoms with Crippen LogP contribution in [0.3, 0.4) is 0 Å². The van der Waals surface area contributed by atoms with Crippen LogP contribution in [0, 0.1) is 11.3 Å². The van der Waals surface area contributed by atoms with Gasteiger partial charge in [0.1, 0.15) is 0 Å². The number of carbonyl (C=O) groups excluding carboxylic acids is 1.